The number of anilines is 1. The van der Waals surface area contributed by atoms with E-state index in [1.807, 2.05) is 36.5 Å². The summed E-state index contributed by atoms with van der Waals surface area (Å²) in [5.74, 6) is -0.0476. The van der Waals surface area contributed by atoms with E-state index in [4.69, 9.17) is 4.98 Å². The first-order valence-corrected chi connectivity index (χ1v) is 15.2. The van der Waals surface area contributed by atoms with Gasteiger partial charge in [0.2, 0.25) is 5.91 Å². The van der Waals surface area contributed by atoms with Crippen molar-refractivity contribution in [2.24, 2.45) is 0 Å². The Hall–Kier alpha value is -3.27. The van der Waals surface area contributed by atoms with Crippen molar-refractivity contribution >= 4 is 55.7 Å². The summed E-state index contributed by atoms with van der Waals surface area (Å²) in [5, 5.41) is 4.76. The maximum Gasteiger partial charge on any atom is 0.267 e. The van der Waals surface area contributed by atoms with Crippen LogP contribution in [0.5, 0.6) is 0 Å². The zero-order valence-electron chi connectivity index (χ0n) is 20.9. The number of rotatable bonds is 7. The Labute approximate surface area is 232 Å². The summed E-state index contributed by atoms with van der Waals surface area (Å²) in [4.78, 5) is 39.1. The number of hydrogen-bond donors (Lipinski definition) is 1. The van der Waals surface area contributed by atoms with Gasteiger partial charge in [0.05, 0.1) is 16.8 Å². The summed E-state index contributed by atoms with van der Waals surface area (Å²) in [6, 6.07) is 18.0. The highest BCUT2D eigenvalue weighted by Crippen LogP contribution is 2.35. The molecule has 0 atom stereocenters. The Morgan fingerprint density at radius 1 is 1.05 bits per heavy atom. The molecule has 0 spiro atoms. The van der Waals surface area contributed by atoms with Crippen LogP contribution >= 0.6 is 34.4 Å². The Bertz CT molecular complexity index is 1670. The molecule has 3 heterocycles. The fraction of sp³-hybridized carbons (Fsp3) is 0.241. The molecule has 2 aromatic carbocycles. The lowest BCUT2D eigenvalue weighted by atomic mass is 9.97. The largest absolute Gasteiger partial charge is 0.301 e. The SMILES string of the molecule is Cc1ccc(Cc2cnc(NC(=O)CSc3nc4sc5c(c4c(=O)n3-c3ccccc3)CCCC5)s2)cc1. The number of thiazole rings is 1. The lowest BCUT2D eigenvalue weighted by molar-refractivity contribution is -0.113. The van der Waals surface area contributed by atoms with E-state index in [0.717, 1.165) is 58.4 Å². The molecule has 1 aliphatic carbocycles. The molecular formula is C29H26N4O2S3. The summed E-state index contributed by atoms with van der Waals surface area (Å²) in [6.45, 7) is 2.07. The van der Waals surface area contributed by atoms with Gasteiger partial charge in [-0.15, -0.1) is 22.7 Å². The minimum Gasteiger partial charge on any atom is -0.301 e. The van der Waals surface area contributed by atoms with Crippen LogP contribution in [-0.4, -0.2) is 26.2 Å². The molecule has 0 bridgehead atoms. The molecule has 0 unspecified atom stereocenters. The predicted molar refractivity (Wildman–Crippen MR) is 157 cm³/mol. The van der Waals surface area contributed by atoms with Crippen molar-refractivity contribution in [2.75, 3.05) is 11.1 Å². The van der Waals surface area contributed by atoms with Crippen LogP contribution in [0.25, 0.3) is 15.9 Å². The topological polar surface area (TPSA) is 76.9 Å². The van der Waals surface area contributed by atoms with Crippen LogP contribution in [0.15, 0.2) is 70.7 Å². The van der Waals surface area contributed by atoms with Crippen molar-refractivity contribution in [1.29, 1.82) is 0 Å². The van der Waals surface area contributed by atoms with Crippen molar-refractivity contribution in [3.05, 3.63) is 97.6 Å². The molecule has 6 rings (SSSR count). The van der Waals surface area contributed by atoms with Crippen molar-refractivity contribution in [3.8, 4) is 5.69 Å². The minimum absolute atomic E-state index is 0.0517. The van der Waals surface area contributed by atoms with E-state index < -0.39 is 0 Å². The number of thiophene rings is 1. The first-order valence-electron chi connectivity index (χ1n) is 12.6. The summed E-state index contributed by atoms with van der Waals surface area (Å²) in [7, 11) is 0. The molecule has 6 nitrogen and oxygen atoms in total. The van der Waals surface area contributed by atoms with E-state index in [1.165, 1.54) is 39.1 Å². The van der Waals surface area contributed by atoms with E-state index in [2.05, 4.69) is 41.5 Å². The predicted octanol–water partition coefficient (Wildman–Crippen LogP) is 6.41. The minimum atomic E-state index is -0.175. The van der Waals surface area contributed by atoms with Gasteiger partial charge in [-0.2, -0.15) is 0 Å². The first kappa shape index (κ1) is 25.0. The van der Waals surface area contributed by atoms with Crippen molar-refractivity contribution in [1.82, 2.24) is 14.5 Å². The number of aromatic nitrogens is 3. The highest BCUT2D eigenvalue weighted by atomic mass is 32.2. The van der Waals surface area contributed by atoms with E-state index in [1.54, 1.807) is 15.9 Å². The fourth-order valence-electron chi connectivity index (χ4n) is 4.73. The lowest BCUT2D eigenvalue weighted by Gasteiger charge is -2.13. The Morgan fingerprint density at radius 2 is 1.84 bits per heavy atom. The van der Waals surface area contributed by atoms with Crippen molar-refractivity contribution in [3.63, 3.8) is 0 Å². The van der Waals surface area contributed by atoms with Gasteiger partial charge in [0.15, 0.2) is 10.3 Å². The zero-order chi connectivity index (χ0) is 26.1. The molecule has 9 heteroatoms. The van der Waals surface area contributed by atoms with Gasteiger partial charge in [-0.3, -0.25) is 14.2 Å². The summed E-state index contributed by atoms with van der Waals surface area (Å²) in [5.41, 5.74) is 4.31. The molecule has 1 N–H and O–H groups in total. The number of amides is 1. The molecule has 5 aromatic rings. The van der Waals surface area contributed by atoms with E-state index >= 15 is 0 Å². The quantitative estimate of drug-likeness (QED) is 0.184. The molecule has 1 aliphatic rings. The molecule has 192 valence electrons. The van der Waals surface area contributed by atoms with Gasteiger partial charge >= 0.3 is 0 Å². The van der Waals surface area contributed by atoms with Crippen LogP contribution in [0.3, 0.4) is 0 Å². The van der Waals surface area contributed by atoms with Crippen LogP contribution in [-0.2, 0) is 24.1 Å². The number of carbonyl (C=O) groups is 1. The summed E-state index contributed by atoms with van der Waals surface area (Å²) in [6.07, 6.45) is 6.78. The normalized spacial score (nSPS) is 13.0. The molecule has 0 saturated carbocycles. The molecule has 38 heavy (non-hydrogen) atoms. The number of carbonyl (C=O) groups excluding carboxylic acids is 1. The molecular weight excluding hydrogens is 533 g/mol. The maximum absolute atomic E-state index is 13.8. The Morgan fingerprint density at radius 3 is 2.66 bits per heavy atom. The number of benzene rings is 2. The number of aryl methyl sites for hydroxylation is 3. The highest BCUT2D eigenvalue weighted by molar-refractivity contribution is 7.99. The second-order valence-corrected chi connectivity index (χ2v) is 12.5. The molecule has 0 radical (unpaired) electrons. The highest BCUT2D eigenvalue weighted by Gasteiger charge is 2.23. The molecule has 0 aliphatic heterocycles. The number of nitrogens with one attached hydrogen (secondary N) is 1. The van der Waals surface area contributed by atoms with Crippen LogP contribution in [0, 0.1) is 6.92 Å². The van der Waals surface area contributed by atoms with Crippen LogP contribution in [0.4, 0.5) is 5.13 Å². The van der Waals surface area contributed by atoms with Crippen LogP contribution in [0.1, 0.15) is 39.3 Å². The third-order valence-electron chi connectivity index (χ3n) is 6.60. The number of fused-ring (bicyclic) bond motifs is 3. The van der Waals surface area contributed by atoms with E-state index in [-0.39, 0.29) is 17.2 Å². The average molecular weight is 559 g/mol. The van der Waals surface area contributed by atoms with Gasteiger partial charge in [0.25, 0.3) is 5.56 Å². The van der Waals surface area contributed by atoms with Crippen LogP contribution in [0.2, 0.25) is 0 Å². The molecule has 0 fully saturated rings. The van der Waals surface area contributed by atoms with E-state index in [0.29, 0.717) is 10.3 Å². The number of thioether (sulfide) groups is 1. The van der Waals surface area contributed by atoms with Gasteiger partial charge in [-0.05, 0) is 55.9 Å². The van der Waals surface area contributed by atoms with Crippen molar-refractivity contribution in [2.45, 2.75) is 44.2 Å². The summed E-state index contributed by atoms with van der Waals surface area (Å²) < 4.78 is 1.66. The molecule has 3 aromatic heterocycles. The lowest BCUT2D eigenvalue weighted by Crippen LogP contribution is -2.23. The summed E-state index contributed by atoms with van der Waals surface area (Å²) >= 11 is 4.38. The smallest absolute Gasteiger partial charge is 0.267 e. The van der Waals surface area contributed by atoms with Gasteiger partial charge < -0.3 is 5.32 Å². The second kappa shape index (κ2) is 10.8. The van der Waals surface area contributed by atoms with Gasteiger partial charge in [-0.1, -0.05) is 59.8 Å². The van der Waals surface area contributed by atoms with Crippen molar-refractivity contribution < 1.29 is 4.79 Å². The maximum atomic E-state index is 13.8. The van der Waals surface area contributed by atoms with Gasteiger partial charge in [0.1, 0.15) is 4.83 Å². The second-order valence-electron chi connectivity index (χ2n) is 9.39. The number of nitrogens with zero attached hydrogens (tertiary/aromatic N) is 3. The Balaban J connectivity index is 1.22. The molecule has 1 amide bonds. The standard InChI is InChI=1S/C29H26N4O2S3/c1-18-11-13-19(14-12-18)15-21-16-30-28(37-21)31-24(34)17-36-29-32-26-25(22-9-5-6-10-23(22)38-26)27(35)33(29)20-7-3-2-4-8-20/h2-4,7-8,11-14,16H,5-6,9-10,15,17H2,1H3,(H,30,31,34). The van der Waals surface area contributed by atoms with Crippen LogP contribution < -0.4 is 10.9 Å². The average Bonchev–Trinajstić information content (AvgIpc) is 3.53. The first-order chi connectivity index (χ1) is 18.5. The zero-order valence-corrected chi connectivity index (χ0v) is 23.3. The third kappa shape index (κ3) is 5.18. The molecule has 0 saturated heterocycles. The van der Waals surface area contributed by atoms with Gasteiger partial charge in [0, 0.05) is 22.4 Å². The monoisotopic (exact) mass is 558 g/mol. The van der Waals surface area contributed by atoms with E-state index in [9.17, 15) is 9.59 Å². The van der Waals surface area contributed by atoms with Gasteiger partial charge in [-0.25, -0.2) is 9.97 Å². The Kier molecular flexibility index (Phi) is 7.14. The number of hydrogen-bond acceptors (Lipinski definition) is 7. The third-order valence-corrected chi connectivity index (χ3v) is 9.64. The fourth-order valence-corrected chi connectivity index (χ4v) is 7.71. The number of para-hydroxylation sites is 1.